The smallest absolute Gasteiger partial charge is 0.255 e. The number of benzene rings is 2. The van der Waals surface area contributed by atoms with Crippen LogP contribution < -0.4 is 26.2 Å². The molecule has 64 heavy (non-hydrogen) atoms. The fraction of sp³-hybridized carbons (Fsp3) is 0.458. The SMILES string of the molecule is CC1(N)CCN(c2cnc(Sc3cccc(NC(=O)CCCCCCN4CC5(CCN(c6ccc(C#Cc7ccc8c(c7)CN(C7CCC(=O)NC7=O)C8=O)nn6)C5)C4)c3)cn2)CC1. The van der Waals surface area contributed by atoms with Crippen molar-refractivity contribution in [1.82, 2.24) is 35.3 Å². The molecule has 1 spiro atoms. The topological polar surface area (TPSA) is 183 Å². The van der Waals surface area contributed by atoms with Crippen molar-refractivity contribution in [2.45, 2.75) is 99.2 Å². The maximum Gasteiger partial charge on any atom is 0.255 e. The van der Waals surface area contributed by atoms with E-state index >= 15 is 0 Å². The minimum Gasteiger partial charge on any atom is -0.355 e. The van der Waals surface area contributed by atoms with Gasteiger partial charge in [0.2, 0.25) is 17.7 Å². The average molecular weight is 882 g/mol. The van der Waals surface area contributed by atoms with Crippen molar-refractivity contribution in [3.63, 3.8) is 0 Å². The maximum atomic E-state index is 13.0. The van der Waals surface area contributed by atoms with Crippen molar-refractivity contribution >= 4 is 52.7 Å². The van der Waals surface area contributed by atoms with Crippen molar-refractivity contribution in [3.05, 3.63) is 89.4 Å². The van der Waals surface area contributed by atoms with Gasteiger partial charge in [0, 0.05) is 91.3 Å². The summed E-state index contributed by atoms with van der Waals surface area (Å²) in [4.78, 5) is 68.7. The van der Waals surface area contributed by atoms with Gasteiger partial charge >= 0.3 is 0 Å². The molecule has 0 aliphatic carbocycles. The lowest BCUT2D eigenvalue weighted by Gasteiger charge is -2.48. The molecule has 332 valence electrons. The molecule has 4 saturated heterocycles. The number of hydrogen-bond donors (Lipinski definition) is 3. The van der Waals surface area contributed by atoms with Crippen LogP contribution in [-0.4, -0.2) is 111 Å². The van der Waals surface area contributed by atoms with E-state index in [2.05, 4.69) is 64.3 Å². The van der Waals surface area contributed by atoms with Gasteiger partial charge in [0.25, 0.3) is 5.91 Å². The first-order chi connectivity index (χ1) is 31.0. The van der Waals surface area contributed by atoms with Crippen LogP contribution in [0.25, 0.3) is 0 Å². The zero-order chi connectivity index (χ0) is 44.3. The molecule has 16 heteroatoms. The second kappa shape index (κ2) is 18.7. The first kappa shape index (κ1) is 43.4. The molecule has 4 amide bonds. The standard InChI is InChI=1S/C48H55N11O4S/c1-47(49)18-22-57(23-19-47)41-27-51-44(28-50-41)64-37-8-6-7-36(26-37)52-42(60)9-4-2-3-5-21-56-30-48(31-56)20-24-58(32-48)40-16-13-35(54-55-40)12-10-33-11-14-38-34(25-33)29-59(46(38)63)39-15-17-43(61)53-45(39)62/h6-8,11,13-14,16,25-28,39H,2-5,9,15,17-24,29-32,49H2,1H3,(H,52,60)(H,53,61,62). The van der Waals surface area contributed by atoms with Crippen LogP contribution in [0, 0.1) is 17.3 Å². The monoisotopic (exact) mass is 881 g/mol. The summed E-state index contributed by atoms with van der Waals surface area (Å²) >= 11 is 1.53. The molecule has 0 bridgehead atoms. The third-order valence-electron chi connectivity index (χ3n) is 13.2. The highest BCUT2D eigenvalue weighted by Crippen LogP contribution is 2.41. The second-order valence-corrected chi connectivity index (χ2v) is 19.5. The Morgan fingerprint density at radius 2 is 1.72 bits per heavy atom. The molecule has 2 aromatic heterocycles. The van der Waals surface area contributed by atoms with Crippen LogP contribution in [0.3, 0.4) is 0 Å². The Hall–Kier alpha value is -5.89. The van der Waals surface area contributed by atoms with Gasteiger partial charge in [-0.05, 0) is 112 Å². The molecule has 7 heterocycles. The molecule has 4 aromatic rings. The first-order valence-electron chi connectivity index (χ1n) is 22.5. The number of hydrogen-bond acceptors (Lipinski definition) is 13. The van der Waals surface area contributed by atoms with Crippen LogP contribution in [0.15, 0.2) is 76.9 Å². The number of carbonyl (C=O) groups is 4. The highest BCUT2D eigenvalue weighted by atomic mass is 32.2. The number of unbranched alkanes of at least 4 members (excludes halogenated alkanes) is 3. The number of nitrogens with two attached hydrogens (primary N) is 1. The molecule has 9 rings (SSSR count). The number of aromatic nitrogens is 4. The summed E-state index contributed by atoms with van der Waals surface area (Å²) in [5.41, 5.74) is 9.96. The second-order valence-electron chi connectivity index (χ2n) is 18.4. The Labute approximate surface area is 378 Å². The van der Waals surface area contributed by atoms with Gasteiger partial charge in [-0.3, -0.25) is 24.5 Å². The Bertz CT molecular complexity index is 2450. The molecule has 15 nitrogen and oxygen atoms in total. The van der Waals surface area contributed by atoms with E-state index in [-0.39, 0.29) is 29.7 Å². The molecule has 1 unspecified atom stereocenters. The van der Waals surface area contributed by atoms with Crippen LogP contribution in [0.4, 0.5) is 17.3 Å². The molecule has 1 atom stereocenters. The molecular formula is C48H55N11O4S. The Balaban J connectivity index is 0.648. The molecule has 4 N–H and O–H groups in total. The summed E-state index contributed by atoms with van der Waals surface area (Å²) in [6.45, 7) is 9.41. The predicted octanol–water partition coefficient (Wildman–Crippen LogP) is 5.00. The quantitative estimate of drug-likeness (QED) is 0.0929. The Kier molecular flexibility index (Phi) is 12.7. The van der Waals surface area contributed by atoms with E-state index in [0.29, 0.717) is 36.1 Å². The molecule has 5 aliphatic heterocycles. The number of nitrogens with zero attached hydrogens (tertiary/aromatic N) is 8. The van der Waals surface area contributed by atoms with Crippen LogP contribution in [0.1, 0.15) is 98.3 Å². The van der Waals surface area contributed by atoms with E-state index in [4.69, 9.17) is 5.73 Å². The lowest BCUT2D eigenvalue weighted by Crippen LogP contribution is -2.57. The Morgan fingerprint density at radius 3 is 2.50 bits per heavy atom. The van der Waals surface area contributed by atoms with Gasteiger partial charge in [-0.25, -0.2) is 9.97 Å². The molecule has 0 saturated carbocycles. The summed E-state index contributed by atoms with van der Waals surface area (Å²) in [5.74, 6) is 7.12. The lowest BCUT2D eigenvalue weighted by atomic mass is 9.79. The van der Waals surface area contributed by atoms with Crippen molar-refractivity contribution in [1.29, 1.82) is 0 Å². The van der Waals surface area contributed by atoms with Gasteiger partial charge in [0.1, 0.15) is 22.6 Å². The number of rotatable bonds is 13. The first-order valence-corrected chi connectivity index (χ1v) is 23.3. The highest BCUT2D eigenvalue weighted by Gasteiger charge is 2.47. The normalized spacial score (nSPS) is 20.1. The van der Waals surface area contributed by atoms with Crippen LogP contribution in [0.5, 0.6) is 0 Å². The van der Waals surface area contributed by atoms with E-state index in [1.54, 1.807) is 12.1 Å². The minimum absolute atomic E-state index is 0.0431. The van der Waals surface area contributed by atoms with Crippen LogP contribution in [-0.2, 0) is 20.9 Å². The maximum absolute atomic E-state index is 13.0. The number of piperidine rings is 2. The van der Waals surface area contributed by atoms with Crippen LogP contribution >= 0.6 is 11.8 Å². The van der Waals surface area contributed by atoms with Crippen molar-refractivity contribution < 1.29 is 19.2 Å². The summed E-state index contributed by atoms with van der Waals surface area (Å²) in [5, 5.41) is 15.1. The number of likely N-dealkylation sites (tertiary alicyclic amines) is 1. The fourth-order valence-electron chi connectivity index (χ4n) is 9.53. The van der Waals surface area contributed by atoms with Crippen molar-refractivity contribution in [2.75, 3.05) is 60.9 Å². The molecule has 5 aliphatic rings. The van der Waals surface area contributed by atoms with E-state index in [9.17, 15) is 19.2 Å². The summed E-state index contributed by atoms with van der Waals surface area (Å²) < 4.78 is 0. The number of imide groups is 1. The van der Waals surface area contributed by atoms with E-state index in [0.717, 1.165) is 129 Å². The number of carbonyl (C=O) groups excluding carboxylic acids is 4. The predicted molar refractivity (Wildman–Crippen MR) is 245 cm³/mol. The van der Waals surface area contributed by atoms with Gasteiger partial charge in [0.05, 0.1) is 12.4 Å². The summed E-state index contributed by atoms with van der Waals surface area (Å²) in [6, 6.07) is 16.6. The van der Waals surface area contributed by atoms with E-state index in [1.807, 2.05) is 54.9 Å². The third-order valence-corrected chi connectivity index (χ3v) is 14.1. The molecule has 4 fully saturated rings. The zero-order valence-corrected chi connectivity index (χ0v) is 37.2. The van der Waals surface area contributed by atoms with Gasteiger partial charge in [-0.1, -0.05) is 36.6 Å². The summed E-state index contributed by atoms with van der Waals surface area (Å²) in [6.07, 6.45) is 11.9. The third kappa shape index (κ3) is 10.2. The Morgan fingerprint density at radius 1 is 0.891 bits per heavy atom. The number of amides is 4. The van der Waals surface area contributed by atoms with Crippen molar-refractivity contribution in [2.24, 2.45) is 11.1 Å². The fourth-order valence-corrected chi connectivity index (χ4v) is 10.3. The molecule has 2 aromatic carbocycles. The van der Waals surface area contributed by atoms with E-state index < -0.39 is 11.9 Å². The number of fused-ring (bicyclic) bond motifs is 1. The lowest BCUT2D eigenvalue weighted by molar-refractivity contribution is -0.137. The van der Waals surface area contributed by atoms with E-state index in [1.165, 1.54) is 16.7 Å². The van der Waals surface area contributed by atoms with Gasteiger partial charge < -0.3 is 30.7 Å². The number of nitrogens with one attached hydrogen (secondary N) is 2. The van der Waals surface area contributed by atoms with Gasteiger partial charge in [-0.15, -0.1) is 10.2 Å². The van der Waals surface area contributed by atoms with Crippen molar-refractivity contribution in [3.8, 4) is 11.8 Å². The van der Waals surface area contributed by atoms with Gasteiger partial charge in [-0.2, -0.15) is 0 Å². The average Bonchev–Trinajstić information content (AvgIpc) is 3.86. The van der Waals surface area contributed by atoms with Crippen LogP contribution in [0.2, 0.25) is 0 Å². The molecular weight excluding hydrogens is 827 g/mol. The minimum atomic E-state index is -0.644. The largest absolute Gasteiger partial charge is 0.355 e. The van der Waals surface area contributed by atoms with Gasteiger partial charge in [0.15, 0.2) is 5.82 Å². The number of anilines is 3. The zero-order valence-electron chi connectivity index (χ0n) is 36.4. The molecule has 0 radical (unpaired) electrons. The highest BCUT2D eigenvalue weighted by molar-refractivity contribution is 7.99. The summed E-state index contributed by atoms with van der Waals surface area (Å²) in [7, 11) is 0.